The third-order valence-electron chi connectivity index (χ3n) is 4.19. The summed E-state index contributed by atoms with van der Waals surface area (Å²) in [5, 5.41) is 1.32. The van der Waals surface area contributed by atoms with Crippen LogP contribution in [0.2, 0.25) is 10.0 Å². The van der Waals surface area contributed by atoms with Gasteiger partial charge in [0, 0.05) is 16.5 Å². The highest BCUT2D eigenvalue weighted by Gasteiger charge is 2.44. The van der Waals surface area contributed by atoms with Gasteiger partial charge in [-0.1, -0.05) is 40.9 Å². The van der Waals surface area contributed by atoms with Crippen LogP contribution in [-0.2, 0) is 0 Å². The molecule has 102 valence electrons. The summed E-state index contributed by atoms with van der Waals surface area (Å²) in [6, 6.07) is 4.13. The minimum Gasteiger partial charge on any atom is -0.322 e. The van der Waals surface area contributed by atoms with Gasteiger partial charge in [-0.25, -0.2) is 4.99 Å². The number of amidine groups is 1. The number of nitrogens with zero attached hydrogens (tertiary/aromatic N) is 2. The molecule has 0 spiro atoms. The van der Waals surface area contributed by atoms with E-state index in [1.807, 2.05) is 6.07 Å². The number of allylic oxidation sites excluding steroid dienone is 1. The average Bonchev–Trinajstić information content (AvgIpc) is 2.96. The maximum absolute atomic E-state index is 6.45. The van der Waals surface area contributed by atoms with Gasteiger partial charge in [-0.3, -0.25) is 0 Å². The summed E-state index contributed by atoms with van der Waals surface area (Å²) in [6.07, 6.45) is 5.66. The lowest BCUT2D eigenvalue weighted by atomic mass is 10.00. The Hall–Kier alpha value is -1.25. The third kappa shape index (κ3) is 1.55. The molecule has 0 saturated carbocycles. The molecule has 4 heteroatoms. The second-order valence-electron chi connectivity index (χ2n) is 5.76. The lowest BCUT2D eigenvalue weighted by Gasteiger charge is -2.35. The number of benzene rings is 1. The molecule has 2 bridgehead atoms. The second kappa shape index (κ2) is 4.12. The van der Waals surface area contributed by atoms with E-state index in [2.05, 4.69) is 30.9 Å². The van der Waals surface area contributed by atoms with E-state index in [4.69, 9.17) is 28.2 Å². The lowest BCUT2D eigenvalue weighted by molar-refractivity contribution is 0.524. The zero-order valence-corrected chi connectivity index (χ0v) is 12.8. The zero-order chi connectivity index (χ0) is 14.0. The number of fused-ring (bicyclic) bond motifs is 6. The van der Waals surface area contributed by atoms with Crippen LogP contribution in [0.15, 0.2) is 34.9 Å². The van der Waals surface area contributed by atoms with Gasteiger partial charge >= 0.3 is 0 Å². The highest BCUT2D eigenvalue weighted by atomic mass is 35.5. The van der Waals surface area contributed by atoms with Crippen molar-refractivity contribution in [2.24, 2.45) is 10.9 Å². The van der Waals surface area contributed by atoms with Crippen LogP contribution in [0.4, 0.5) is 5.69 Å². The number of rotatable bonds is 0. The summed E-state index contributed by atoms with van der Waals surface area (Å²) in [5.74, 6) is 1.57. The van der Waals surface area contributed by atoms with Gasteiger partial charge in [-0.05, 0) is 32.4 Å². The SMILES string of the molecule is CC(C)=C1c2c(Cl)cc(Cl)cc2N=C2C3C=CC(C3)N21. The normalized spacial score (nSPS) is 25.7. The molecule has 0 amide bonds. The van der Waals surface area contributed by atoms with E-state index in [1.54, 1.807) is 6.07 Å². The molecule has 2 atom stereocenters. The van der Waals surface area contributed by atoms with E-state index in [1.165, 1.54) is 11.3 Å². The standard InChI is InChI=1S/C16H14Cl2N2/c1-8(2)15-14-12(18)6-10(17)7-13(14)19-16-9-3-4-11(5-9)20(15)16/h3-4,6-7,9,11H,5H2,1-2H3. The van der Waals surface area contributed by atoms with E-state index < -0.39 is 0 Å². The molecule has 0 aromatic heterocycles. The van der Waals surface area contributed by atoms with Crippen LogP contribution in [0.5, 0.6) is 0 Å². The minimum atomic E-state index is 0.420. The molecule has 2 aliphatic heterocycles. The van der Waals surface area contributed by atoms with Gasteiger partial charge in [-0.15, -0.1) is 0 Å². The Morgan fingerprint density at radius 1 is 1.25 bits per heavy atom. The molecule has 4 rings (SSSR count). The van der Waals surface area contributed by atoms with Crippen molar-refractivity contribution < 1.29 is 0 Å². The molecule has 1 aliphatic carbocycles. The largest absolute Gasteiger partial charge is 0.322 e. The van der Waals surface area contributed by atoms with Crippen molar-refractivity contribution in [3.8, 4) is 0 Å². The van der Waals surface area contributed by atoms with Gasteiger partial charge in [0.15, 0.2) is 0 Å². The predicted molar refractivity (Wildman–Crippen MR) is 84.7 cm³/mol. The number of hydrogen-bond acceptors (Lipinski definition) is 2. The highest BCUT2D eigenvalue weighted by molar-refractivity contribution is 6.36. The topological polar surface area (TPSA) is 15.6 Å². The van der Waals surface area contributed by atoms with E-state index in [-0.39, 0.29) is 0 Å². The lowest BCUT2D eigenvalue weighted by Crippen LogP contribution is -2.35. The van der Waals surface area contributed by atoms with Crippen LogP contribution >= 0.6 is 23.2 Å². The molecule has 2 nitrogen and oxygen atoms in total. The van der Waals surface area contributed by atoms with Crippen LogP contribution in [0.1, 0.15) is 25.8 Å². The number of halogens is 2. The molecule has 3 aliphatic rings. The van der Waals surface area contributed by atoms with Crippen molar-refractivity contribution in [2.45, 2.75) is 26.3 Å². The third-order valence-corrected chi connectivity index (χ3v) is 4.71. The maximum Gasteiger partial charge on any atom is 0.117 e. The monoisotopic (exact) mass is 304 g/mol. The molecule has 1 aromatic rings. The average molecular weight is 305 g/mol. The molecule has 1 saturated heterocycles. The van der Waals surface area contributed by atoms with Crippen molar-refractivity contribution in [3.63, 3.8) is 0 Å². The molecular weight excluding hydrogens is 291 g/mol. The maximum atomic E-state index is 6.45. The van der Waals surface area contributed by atoms with Crippen molar-refractivity contribution in [3.05, 3.63) is 45.5 Å². The van der Waals surface area contributed by atoms with E-state index in [9.17, 15) is 0 Å². The Kier molecular flexibility index (Phi) is 2.57. The minimum absolute atomic E-state index is 0.420. The van der Waals surface area contributed by atoms with Gasteiger partial charge in [0.2, 0.25) is 0 Å². The molecule has 0 N–H and O–H groups in total. The molecule has 20 heavy (non-hydrogen) atoms. The Labute approximate surface area is 128 Å². The Morgan fingerprint density at radius 2 is 2.05 bits per heavy atom. The molecule has 2 unspecified atom stereocenters. The molecule has 2 heterocycles. The number of aliphatic imine (C=N–C) groups is 1. The first-order chi connectivity index (χ1) is 9.56. The quantitative estimate of drug-likeness (QED) is 0.613. The van der Waals surface area contributed by atoms with Crippen molar-refractivity contribution in [1.82, 2.24) is 4.90 Å². The first-order valence-electron chi connectivity index (χ1n) is 6.79. The van der Waals surface area contributed by atoms with Gasteiger partial charge in [0.1, 0.15) is 5.84 Å². The van der Waals surface area contributed by atoms with Crippen LogP contribution < -0.4 is 0 Å². The van der Waals surface area contributed by atoms with E-state index >= 15 is 0 Å². The van der Waals surface area contributed by atoms with Crippen molar-refractivity contribution in [2.75, 3.05) is 0 Å². The molecule has 1 aromatic carbocycles. The summed E-state index contributed by atoms with van der Waals surface area (Å²) >= 11 is 12.6. The van der Waals surface area contributed by atoms with Gasteiger partial charge in [-0.2, -0.15) is 0 Å². The van der Waals surface area contributed by atoms with Crippen LogP contribution in [0.25, 0.3) is 5.70 Å². The van der Waals surface area contributed by atoms with E-state index in [0.717, 1.165) is 23.5 Å². The van der Waals surface area contributed by atoms with Gasteiger partial charge < -0.3 is 4.90 Å². The Morgan fingerprint density at radius 3 is 2.80 bits per heavy atom. The molecule has 0 radical (unpaired) electrons. The predicted octanol–water partition coefficient (Wildman–Crippen LogP) is 5.05. The summed E-state index contributed by atoms with van der Waals surface area (Å²) in [5.41, 5.74) is 4.36. The second-order valence-corrected chi connectivity index (χ2v) is 6.61. The first-order valence-corrected chi connectivity index (χ1v) is 7.55. The van der Waals surface area contributed by atoms with Crippen LogP contribution in [-0.4, -0.2) is 16.8 Å². The van der Waals surface area contributed by atoms with Crippen LogP contribution in [0.3, 0.4) is 0 Å². The number of hydrogen-bond donors (Lipinski definition) is 0. The molecule has 1 fully saturated rings. The summed E-state index contributed by atoms with van der Waals surface area (Å²) < 4.78 is 0. The fourth-order valence-electron chi connectivity index (χ4n) is 3.45. The molecular formula is C16H14Cl2N2. The summed E-state index contributed by atoms with van der Waals surface area (Å²) in [7, 11) is 0. The fourth-order valence-corrected chi connectivity index (χ4v) is 4.02. The highest BCUT2D eigenvalue weighted by Crippen LogP contribution is 2.49. The zero-order valence-electron chi connectivity index (χ0n) is 11.3. The van der Waals surface area contributed by atoms with E-state index in [0.29, 0.717) is 22.0 Å². The Bertz CT molecular complexity index is 711. The van der Waals surface area contributed by atoms with Crippen molar-refractivity contribution >= 4 is 40.4 Å². The summed E-state index contributed by atoms with van der Waals surface area (Å²) in [4.78, 5) is 7.18. The smallest absolute Gasteiger partial charge is 0.117 e. The van der Waals surface area contributed by atoms with Crippen LogP contribution in [0, 0.1) is 5.92 Å². The Balaban J connectivity index is 2.04. The van der Waals surface area contributed by atoms with Gasteiger partial charge in [0.25, 0.3) is 0 Å². The van der Waals surface area contributed by atoms with Crippen molar-refractivity contribution in [1.29, 1.82) is 0 Å². The first kappa shape index (κ1) is 12.5. The fraction of sp³-hybridized carbons (Fsp3) is 0.312. The van der Waals surface area contributed by atoms with Gasteiger partial charge in [0.05, 0.1) is 22.4 Å². The summed E-state index contributed by atoms with van der Waals surface area (Å²) in [6.45, 7) is 4.26.